The maximum atomic E-state index is 13.3. The number of carbonyl (C=O) groups is 1. The lowest BCUT2D eigenvalue weighted by Gasteiger charge is -2.26. The molecule has 2 saturated heterocycles. The molecule has 4 aromatic rings. The molecule has 0 bridgehead atoms. The Balaban J connectivity index is 1.47. The van der Waals surface area contributed by atoms with Crippen molar-refractivity contribution in [2.75, 3.05) is 33.3 Å². The number of ether oxygens (including phenoxy) is 1. The number of fused-ring (bicyclic) bond motifs is 2. The molecule has 202 valence electrons. The lowest BCUT2D eigenvalue weighted by molar-refractivity contribution is 0.0724. The van der Waals surface area contributed by atoms with Crippen LogP contribution >= 0.6 is 11.3 Å². The van der Waals surface area contributed by atoms with Crippen LogP contribution in [0.3, 0.4) is 0 Å². The van der Waals surface area contributed by atoms with E-state index in [0.717, 1.165) is 81.0 Å². The SMILES string of the molecule is CCCCn1c(-c2nc3cc(C(=O)N4CCCCC4)cc(OC)c3n2C)cc2scc(C3CCCNC3)c21. The van der Waals surface area contributed by atoms with Gasteiger partial charge in [-0.25, -0.2) is 4.98 Å². The Kier molecular flexibility index (Phi) is 7.18. The first kappa shape index (κ1) is 25.4. The van der Waals surface area contributed by atoms with Crippen molar-refractivity contribution in [1.82, 2.24) is 24.3 Å². The minimum atomic E-state index is 0.0784. The van der Waals surface area contributed by atoms with Gasteiger partial charge >= 0.3 is 0 Å². The normalized spacial score (nSPS) is 18.5. The minimum Gasteiger partial charge on any atom is -0.494 e. The van der Waals surface area contributed by atoms with E-state index in [1.807, 2.05) is 28.4 Å². The number of unbranched alkanes of at least 4 members (excludes halogenated alkanes) is 1. The van der Waals surface area contributed by atoms with Crippen LogP contribution in [0.2, 0.25) is 0 Å². The number of thiophene rings is 1. The second-order valence-electron chi connectivity index (χ2n) is 10.9. The number of methoxy groups -OCH3 is 1. The van der Waals surface area contributed by atoms with Gasteiger partial charge in [-0.05, 0) is 80.1 Å². The van der Waals surface area contributed by atoms with E-state index in [0.29, 0.717) is 17.2 Å². The predicted molar refractivity (Wildman–Crippen MR) is 156 cm³/mol. The Morgan fingerprint density at radius 3 is 2.74 bits per heavy atom. The number of carbonyl (C=O) groups excluding carboxylic acids is 1. The van der Waals surface area contributed by atoms with Gasteiger partial charge in [0.2, 0.25) is 0 Å². The third kappa shape index (κ3) is 4.41. The van der Waals surface area contributed by atoms with E-state index in [-0.39, 0.29) is 5.91 Å². The number of hydrogen-bond donors (Lipinski definition) is 1. The van der Waals surface area contributed by atoms with Crippen LogP contribution in [0.1, 0.15) is 73.7 Å². The molecule has 1 aromatic carbocycles. The molecule has 5 heterocycles. The van der Waals surface area contributed by atoms with Gasteiger partial charge in [0.25, 0.3) is 5.91 Å². The summed E-state index contributed by atoms with van der Waals surface area (Å²) in [5, 5.41) is 5.98. The van der Waals surface area contributed by atoms with Gasteiger partial charge in [0, 0.05) is 38.8 Å². The van der Waals surface area contributed by atoms with Crippen LogP contribution in [0, 0.1) is 0 Å². The lowest BCUT2D eigenvalue weighted by atomic mass is 9.93. The highest BCUT2D eigenvalue weighted by atomic mass is 32.1. The number of nitrogens with zero attached hydrogens (tertiary/aromatic N) is 4. The molecule has 3 aromatic heterocycles. The summed E-state index contributed by atoms with van der Waals surface area (Å²) in [4.78, 5) is 20.5. The van der Waals surface area contributed by atoms with Gasteiger partial charge in [-0.15, -0.1) is 11.3 Å². The number of amides is 1. The minimum absolute atomic E-state index is 0.0784. The van der Waals surface area contributed by atoms with E-state index in [1.54, 1.807) is 7.11 Å². The van der Waals surface area contributed by atoms with Gasteiger partial charge in [-0.3, -0.25) is 4.79 Å². The van der Waals surface area contributed by atoms with Crippen molar-refractivity contribution in [2.24, 2.45) is 7.05 Å². The number of imidazole rings is 1. The zero-order valence-corrected chi connectivity index (χ0v) is 23.7. The summed E-state index contributed by atoms with van der Waals surface area (Å²) in [6.07, 6.45) is 8.08. The molecule has 38 heavy (non-hydrogen) atoms. The monoisotopic (exact) mass is 533 g/mol. The van der Waals surface area contributed by atoms with Gasteiger partial charge in [-0.1, -0.05) is 13.3 Å². The van der Waals surface area contributed by atoms with E-state index in [4.69, 9.17) is 9.72 Å². The Hall–Kier alpha value is -2.84. The predicted octanol–water partition coefficient (Wildman–Crippen LogP) is 6.16. The molecule has 0 radical (unpaired) electrons. The Morgan fingerprint density at radius 2 is 2.00 bits per heavy atom. The van der Waals surface area contributed by atoms with Gasteiger partial charge in [-0.2, -0.15) is 0 Å². The van der Waals surface area contributed by atoms with Gasteiger partial charge in [0.1, 0.15) is 11.3 Å². The molecule has 0 aliphatic carbocycles. The highest BCUT2D eigenvalue weighted by molar-refractivity contribution is 7.17. The molecule has 0 spiro atoms. The number of piperidine rings is 2. The van der Waals surface area contributed by atoms with Crippen LogP contribution in [-0.2, 0) is 13.6 Å². The molecule has 1 amide bonds. The zero-order valence-electron chi connectivity index (χ0n) is 22.9. The summed E-state index contributed by atoms with van der Waals surface area (Å²) in [6, 6.07) is 6.18. The summed E-state index contributed by atoms with van der Waals surface area (Å²) >= 11 is 1.85. The third-order valence-electron chi connectivity index (χ3n) is 8.39. The number of hydrogen-bond acceptors (Lipinski definition) is 5. The quantitative estimate of drug-likeness (QED) is 0.309. The van der Waals surface area contributed by atoms with Gasteiger partial charge in [0.15, 0.2) is 5.82 Å². The number of benzene rings is 1. The van der Waals surface area contributed by atoms with Crippen molar-refractivity contribution in [2.45, 2.75) is 64.3 Å². The fraction of sp³-hybridized carbons (Fsp3) is 0.533. The molecule has 1 unspecified atom stereocenters. The third-order valence-corrected chi connectivity index (χ3v) is 9.33. The highest BCUT2D eigenvalue weighted by Gasteiger charge is 2.26. The molecule has 1 atom stereocenters. The molecule has 2 fully saturated rings. The molecule has 1 N–H and O–H groups in total. The van der Waals surface area contributed by atoms with Gasteiger partial charge < -0.3 is 24.1 Å². The fourth-order valence-corrected chi connectivity index (χ4v) is 7.41. The molecule has 6 rings (SSSR count). The maximum absolute atomic E-state index is 13.3. The molecule has 0 saturated carbocycles. The van der Waals surface area contributed by atoms with Crippen LogP contribution in [0.25, 0.3) is 32.8 Å². The van der Waals surface area contributed by atoms with Crippen molar-refractivity contribution < 1.29 is 9.53 Å². The largest absolute Gasteiger partial charge is 0.494 e. The van der Waals surface area contributed by atoms with E-state index in [1.165, 1.54) is 35.0 Å². The topological polar surface area (TPSA) is 64.3 Å². The van der Waals surface area contributed by atoms with Crippen molar-refractivity contribution in [3.63, 3.8) is 0 Å². The second-order valence-corrected chi connectivity index (χ2v) is 11.8. The molecular formula is C30H39N5O2S. The Bertz CT molecular complexity index is 1450. The molecule has 8 heteroatoms. The molecular weight excluding hydrogens is 494 g/mol. The number of aryl methyl sites for hydroxylation is 2. The summed E-state index contributed by atoms with van der Waals surface area (Å²) in [7, 11) is 3.75. The molecule has 7 nitrogen and oxygen atoms in total. The van der Waals surface area contributed by atoms with Crippen LogP contribution < -0.4 is 10.1 Å². The summed E-state index contributed by atoms with van der Waals surface area (Å²) in [5.41, 5.74) is 6.41. The Morgan fingerprint density at radius 1 is 1.16 bits per heavy atom. The van der Waals surface area contributed by atoms with Crippen molar-refractivity contribution in [3.8, 4) is 17.3 Å². The molecule has 2 aliphatic heterocycles. The van der Waals surface area contributed by atoms with Gasteiger partial charge in [0.05, 0.1) is 28.5 Å². The van der Waals surface area contributed by atoms with Crippen molar-refractivity contribution >= 4 is 38.5 Å². The number of nitrogens with one attached hydrogen (secondary N) is 1. The smallest absolute Gasteiger partial charge is 0.254 e. The summed E-state index contributed by atoms with van der Waals surface area (Å²) < 4.78 is 11.8. The fourth-order valence-electron chi connectivity index (χ4n) is 6.33. The van der Waals surface area contributed by atoms with E-state index in [2.05, 4.69) is 39.9 Å². The second kappa shape index (κ2) is 10.7. The first-order chi connectivity index (χ1) is 18.6. The van der Waals surface area contributed by atoms with Crippen molar-refractivity contribution in [3.05, 3.63) is 34.7 Å². The Labute approximate surface area is 228 Å². The number of aromatic nitrogens is 3. The van der Waals surface area contributed by atoms with Crippen LogP contribution in [0.4, 0.5) is 0 Å². The molecule has 2 aliphatic rings. The standard InChI is InChI=1S/C30H39N5O2S/c1-4-5-14-35-24(17-26-27(35)22(19-38-26)20-10-9-11-31-18-20)29-32-23-15-21(16-25(37-3)28(23)33(29)2)30(36)34-12-7-6-8-13-34/h15-17,19-20,31H,4-14,18H2,1-3H3. The summed E-state index contributed by atoms with van der Waals surface area (Å²) in [6.45, 7) is 7.05. The van der Waals surface area contributed by atoms with Crippen LogP contribution in [-0.4, -0.2) is 58.2 Å². The zero-order chi connectivity index (χ0) is 26.2. The van der Waals surface area contributed by atoms with Crippen molar-refractivity contribution in [1.29, 1.82) is 0 Å². The highest BCUT2D eigenvalue weighted by Crippen LogP contribution is 2.40. The average Bonchev–Trinajstić information content (AvgIpc) is 3.63. The first-order valence-corrected chi connectivity index (χ1v) is 15.1. The first-order valence-electron chi connectivity index (χ1n) is 14.3. The summed E-state index contributed by atoms with van der Waals surface area (Å²) in [5.74, 6) is 2.26. The lowest BCUT2D eigenvalue weighted by Crippen LogP contribution is -2.35. The van der Waals surface area contributed by atoms with E-state index >= 15 is 0 Å². The van der Waals surface area contributed by atoms with E-state index < -0.39 is 0 Å². The van der Waals surface area contributed by atoms with Crippen LogP contribution in [0.15, 0.2) is 23.6 Å². The number of likely N-dealkylation sites (tertiary alicyclic amines) is 1. The average molecular weight is 534 g/mol. The van der Waals surface area contributed by atoms with E-state index in [9.17, 15) is 4.79 Å². The van der Waals surface area contributed by atoms with Crippen LogP contribution in [0.5, 0.6) is 5.75 Å². The number of rotatable bonds is 7. The maximum Gasteiger partial charge on any atom is 0.254 e.